The van der Waals surface area contributed by atoms with E-state index in [1.54, 1.807) is 6.92 Å². The zero-order chi connectivity index (χ0) is 27.7. The fourth-order valence-corrected chi connectivity index (χ4v) is 9.46. The monoisotopic (exact) mass is 514 g/mol. The van der Waals surface area contributed by atoms with Crippen molar-refractivity contribution >= 4 is 23.3 Å². The lowest BCUT2D eigenvalue weighted by Crippen LogP contribution is -2.57. The van der Waals surface area contributed by atoms with Crippen LogP contribution in [0.2, 0.25) is 0 Å². The maximum Gasteiger partial charge on any atom is 0.308 e. The molecule has 0 aromatic heterocycles. The minimum atomic E-state index is -0.592. The van der Waals surface area contributed by atoms with Crippen molar-refractivity contribution in [2.45, 2.75) is 106 Å². The Kier molecular flexibility index (Phi) is 6.96. The number of ketones is 3. The van der Waals surface area contributed by atoms with E-state index in [-0.39, 0.29) is 47.1 Å². The summed E-state index contributed by atoms with van der Waals surface area (Å²) in [5.74, 6) is -0.272. The minimum absolute atomic E-state index is 0.0118. The molecule has 0 aliphatic heterocycles. The Labute approximate surface area is 222 Å². The van der Waals surface area contributed by atoms with Gasteiger partial charge in [0.15, 0.2) is 5.78 Å². The fraction of sp³-hybridized carbons (Fsp3) is 0.806. The summed E-state index contributed by atoms with van der Waals surface area (Å²) in [7, 11) is 1.33. The van der Waals surface area contributed by atoms with Crippen molar-refractivity contribution in [2.24, 2.45) is 45.3 Å². The number of hydrogen-bond acceptors (Lipinski definition) is 6. The van der Waals surface area contributed by atoms with Gasteiger partial charge in [0.25, 0.3) is 0 Å². The van der Waals surface area contributed by atoms with E-state index in [0.717, 1.165) is 24.0 Å². The van der Waals surface area contributed by atoms with E-state index < -0.39 is 28.3 Å². The Hall–Kier alpha value is -1.82. The van der Waals surface area contributed by atoms with Crippen LogP contribution >= 0.6 is 0 Å². The number of carbonyl (C=O) groups excluding carboxylic acids is 4. The molecule has 4 aliphatic carbocycles. The van der Waals surface area contributed by atoms with Gasteiger partial charge in [-0.25, -0.2) is 0 Å². The highest BCUT2D eigenvalue weighted by atomic mass is 16.5. The van der Waals surface area contributed by atoms with Crippen molar-refractivity contribution in [1.82, 2.24) is 0 Å². The van der Waals surface area contributed by atoms with Crippen LogP contribution < -0.4 is 0 Å². The molecule has 2 saturated carbocycles. The number of allylic oxidation sites excluding steroid dienone is 1. The average Bonchev–Trinajstić information content (AvgIpc) is 3.02. The van der Waals surface area contributed by atoms with Crippen LogP contribution in [0, 0.1) is 45.3 Å². The predicted molar refractivity (Wildman–Crippen MR) is 140 cm³/mol. The van der Waals surface area contributed by atoms with Crippen LogP contribution in [-0.2, 0) is 23.9 Å². The van der Waals surface area contributed by atoms with Gasteiger partial charge in [0.2, 0.25) is 0 Å². The highest BCUT2D eigenvalue weighted by Crippen LogP contribution is 2.71. The summed E-state index contributed by atoms with van der Waals surface area (Å²) < 4.78 is 4.77. The number of ether oxygens (including phenoxy) is 1. The van der Waals surface area contributed by atoms with Crippen LogP contribution in [0.4, 0.5) is 0 Å². The van der Waals surface area contributed by atoms with Gasteiger partial charge in [0.1, 0.15) is 11.6 Å². The van der Waals surface area contributed by atoms with Gasteiger partial charge in [0, 0.05) is 47.5 Å². The molecule has 0 unspecified atom stereocenters. The first-order valence-corrected chi connectivity index (χ1v) is 14.1. The number of carbonyl (C=O) groups is 4. The van der Waals surface area contributed by atoms with Crippen molar-refractivity contribution < 1.29 is 29.0 Å². The molecule has 0 aromatic carbocycles. The highest BCUT2D eigenvalue weighted by Gasteiger charge is 2.68. The smallest absolute Gasteiger partial charge is 0.308 e. The zero-order valence-corrected chi connectivity index (χ0v) is 24.0. The lowest BCUT2D eigenvalue weighted by molar-refractivity contribution is -0.146. The van der Waals surface area contributed by atoms with E-state index >= 15 is 0 Å². The molecule has 1 N–H and O–H groups in total. The molecule has 37 heavy (non-hydrogen) atoms. The molecule has 0 bridgehead atoms. The molecule has 0 aromatic rings. The number of esters is 1. The first-order valence-electron chi connectivity index (χ1n) is 14.1. The van der Waals surface area contributed by atoms with Crippen molar-refractivity contribution in [3.8, 4) is 0 Å². The molecule has 2 fully saturated rings. The second-order valence-corrected chi connectivity index (χ2v) is 13.9. The minimum Gasteiger partial charge on any atom is -0.469 e. The Morgan fingerprint density at radius 3 is 2.32 bits per heavy atom. The number of methoxy groups -OCH3 is 1. The van der Waals surface area contributed by atoms with Crippen LogP contribution in [0.25, 0.3) is 0 Å². The summed E-state index contributed by atoms with van der Waals surface area (Å²) in [5.41, 5.74) is 0.203. The second kappa shape index (κ2) is 9.14. The Morgan fingerprint density at radius 2 is 1.70 bits per heavy atom. The molecule has 0 saturated heterocycles. The summed E-state index contributed by atoms with van der Waals surface area (Å²) in [6.45, 7) is 14.3. The van der Waals surface area contributed by atoms with E-state index in [0.29, 0.717) is 37.9 Å². The average molecular weight is 515 g/mol. The topological polar surface area (TPSA) is 97.7 Å². The van der Waals surface area contributed by atoms with Gasteiger partial charge in [0.05, 0.1) is 19.1 Å². The first-order chi connectivity index (χ1) is 17.1. The van der Waals surface area contributed by atoms with Crippen LogP contribution in [0.3, 0.4) is 0 Å². The summed E-state index contributed by atoms with van der Waals surface area (Å²) in [5, 5.41) is 11.7. The van der Waals surface area contributed by atoms with Crippen molar-refractivity contribution in [1.29, 1.82) is 0 Å². The zero-order valence-electron chi connectivity index (χ0n) is 24.0. The van der Waals surface area contributed by atoms with Gasteiger partial charge in [-0.1, -0.05) is 54.0 Å². The van der Waals surface area contributed by atoms with Crippen molar-refractivity contribution in [2.75, 3.05) is 7.11 Å². The quantitative estimate of drug-likeness (QED) is 0.486. The summed E-state index contributed by atoms with van der Waals surface area (Å²) in [6.07, 6.45) is 3.56. The maximum absolute atomic E-state index is 14.1. The van der Waals surface area contributed by atoms with Gasteiger partial charge in [-0.05, 0) is 48.9 Å². The van der Waals surface area contributed by atoms with Crippen LogP contribution in [0.5, 0.6) is 0 Å². The van der Waals surface area contributed by atoms with E-state index in [2.05, 4.69) is 27.7 Å². The third-order valence-corrected chi connectivity index (χ3v) is 11.7. The summed E-state index contributed by atoms with van der Waals surface area (Å²) in [4.78, 5) is 51.6. The largest absolute Gasteiger partial charge is 0.469 e. The predicted octanol–water partition coefficient (Wildman–Crippen LogP) is 5.25. The van der Waals surface area contributed by atoms with Crippen molar-refractivity contribution in [3.63, 3.8) is 0 Å². The van der Waals surface area contributed by atoms with E-state index in [1.807, 2.05) is 13.8 Å². The third-order valence-electron chi connectivity index (χ3n) is 11.7. The molecule has 206 valence electrons. The van der Waals surface area contributed by atoms with Gasteiger partial charge >= 0.3 is 5.97 Å². The first kappa shape index (κ1) is 28.2. The Balaban J connectivity index is 1.67. The molecule has 0 heterocycles. The third kappa shape index (κ3) is 3.91. The number of Topliss-reactive ketones (excluding diaryl/α,β-unsaturated/α-hetero) is 3. The lowest BCUT2D eigenvalue weighted by Gasteiger charge is -2.60. The van der Waals surface area contributed by atoms with Gasteiger partial charge in [-0.3, -0.25) is 19.2 Å². The second-order valence-electron chi connectivity index (χ2n) is 13.9. The fourth-order valence-electron chi connectivity index (χ4n) is 9.46. The molecule has 6 nitrogen and oxygen atoms in total. The van der Waals surface area contributed by atoms with Gasteiger partial charge in [-0.15, -0.1) is 0 Å². The molecule has 8 atom stereocenters. The number of rotatable bonds is 6. The molecule has 4 aliphatic rings. The molecule has 0 spiro atoms. The van der Waals surface area contributed by atoms with Crippen LogP contribution in [-0.4, -0.2) is 41.6 Å². The van der Waals surface area contributed by atoms with Crippen LogP contribution in [0.1, 0.15) is 99.8 Å². The maximum atomic E-state index is 14.1. The number of fused-ring (bicyclic) bond motifs is 4. The number of aliphatic hydroxyl groups excluding tert-OH is 1. The molecular formula is C31H46O6. The Bertz CT molecular complexity index is 1050. The summed E-state index contributed by atoms with van der Waals surface area (Å²) in [6, 6.07) is 0. The highest BCUT2D eigenvalue weighted by molar-refractivity contribution is 6.00. The van der Waals surface area contributed by atoms with Crippen LogP contribution in [0.15, 0.2) is 11.1 Å². The Morgan fingerprint density at radius 1 is 1.05 bits per heavy atom. The molecule has 0 amide bonds. The summed E-state index contributed by atoms with van der Waals surface area (Å²) >= 11 is 0. The van der Waals surface area contributed by atoms with Gasteiger partial charge < -0.3 is 9.84 Å². The molecule has 4 rings (SSSR count). The van der Waals surface area contributed by atoms with Gasteiger partial charge in [-0.2, -0.15) is 0 Å². The van der Waals surface area contributed by atoms with Crippen molar-refractivity contribution in [3.05, 3.63) is 11.1 Å². The SMILES string of the molecule is COC(=O)[C@H](C)CC(=O)C[C@@H](C)[C@@H]1C[C@H](O)[C@@]2(C)C3=C(C(=O)C[C@]12C)[C@@]1(C)CCC(=O)C(C)(C)[C@@H]1CC3. The molecular weight excluding hydrogens is 468 g/mol. The normalized spacial score (nSPS) is 40.4. The van der Waals surface area contributed by atoms with E-state index in [1.165, 1.54) is 7.11 Å². The standard InChI is InChI=1S/C31H46O6/c1-17(13-19(32)14-18(2)27(36)37-8)21-15-25(35)31(7)20-9-10-23-28(3,4)24(34)11-12-29(23,5)26(20)22(33)16-30(21,31)6/h17-18,21,23,25,35H,9-16H2,1-8H3/t17-,18-,21+,23+,25+,29+,30-,31-/m1/s1. The number of hydrogen-bond donors (Lipinski definition) is 1. The van der Waals surface area contributed by atoms with E-state index in [4.69, 9.17) is 4.74 Å². The lowest BCUT2D eigenvalue weighted by atomic mass is 9.43. The van der Waals surface area contributed by atoms with E-state index in [9.17, 15) is 24.3 Å². The molecule has 6 heteroatoms. The number of aliphatic hydroxyl groups is 1. The molecule has 0 radical (unpaired) electrons.